The zero-order valence-electron chi connectivity index (χ0n) is 13.3. The van der Waals surface area contributed by atoms with E-state index in [0.717, 1.165) is 37.8 Å². The first-order chi connectivity index (χ1) is 10.7. The molecule has 1 saturated heterocycles. The fraction of sp³-hybridized carbons (Fsp3) is 0.533. The van der Waals surface area contributed by atoms with E-state index in [0.29, 0.717) is 0 Å². The Balaban J connectivity index is 1.63. The van der Waals surface area contributed by atoms with Gasteiger partial charge in [-0.2, -0.15) is 0 Å². The number of nitrogens with zero attached hydrogens (tertiary/aromatic N) is 6. The molecule has 2 aromatic rings. The highest BCUT2D eigenvalue weighted by molar-refractivity contribution is 5.51. The molecule has 0 radical (unpaired) electrons. The molecule has 7 heteroatoms. The third-order valence-corrected chi connectivity index (χ3v) is 4.31. The summed E-state index contributed by atoms with van der Waals surface area (Å²) in [6.07, 6.45) is 0. The van der Waals surface area contributed by atoms with E-state index < -0.39 is 0 Å². The van der Waals surface area contributed by atoms with Crippen molar-refractivity contribution in [3.05, 3.63) is 30.1 Å². The second-order valence-electron chi connectivity index (χ2n) is 5.56. The molecule has 0 spiro atoms. The van der Waals surface area contributed by atoms with Gasteiger partial charge in [-0.1, -0.05) is 6.07 Å². The Kier molecular flexibility index (Phi) is 4.24. The topological polar surface area (TPSA) is 59.3 Å². The van der Waals surface area contributed by atoms with Gasteiger partial charge in [0, 0.05) is 45.0 Å². The molecule has 0 aliphatic carbocycles. The lowest BCUT2D eigenvalue weighted by atomic mass is 10.2. The first-order valence-corrected chi connectivity index (χ1v) is 7.54. The summed E-state index contributed by atoms with van der Waals surface area (Å²) >= 11 is 0. The van der Waals surface area contributed by atoms with Crippen LogP contribution in [0.3, 0.4) is 0 Å². The number of piperazine rings is 1. The molecule has 0 bridgehead atoms. The van der Waals surface area contributed by atoms with Crippen LogP contribution in [0.5, 0.6) is 5.75 Å². The fourth-order valence-corrected chi connectivity index (χ4v) is 2.93. The van der Waals surface area contributed by atoms with E-state index in [1.165, 1.54) is 5.69 Å². The average Bonchev–Trinajstić information content (AvgIpc) is 3.00. The number of tetrazole rings is 1. The molecule has 1 fully saturated rings. The molecule has 1 unspecified atom stereocenters. The van der Waals surface area contributed by atoms with E-state index in [4.69, 9.17) is 4.74 Å². The van der Waals surface area contributed by atoms with Crippen LogP contribution in [0.4, 0.5) is 5.69 Å². The van der Waals surface area contributed by atoms with Gasteiger partial charge in [0.1, 0.15) is 5.75 Å². The number of methoxy groups -OCH3 is 1. The molecule has 0 amide bonds. The molecule has 2 heterocycles. The zero-order valence-corrected chi connectivity index (χ0v) is 13.3. The summed E-state index contributed by atoms with van der Waals surface area (Å²) in [5, 5.41) is 11.8. The molecule has 1 atom stereocenters. The molecule has 3 rings (SSSR count). The van der Waals surface area contributed by atoms with Gasteiger partial charge in [-0.25, -0.2) is 4.68 Å². The highest BCUT2D eigenvalue weighted by atomic mass is 16.5. The highest BCUT2D eigenvalue weighted by Gasteiger charge is 2.25. The van der Waals surface area contributed by atoms with Crippen molar-refractivity contribution in [3.63, 3.8) is 0 Å². The first-order valence-electron chi connectivity index (χ1n) is 7.54. The minimum Gasteiger partial charge on any atom is -0.497 e. The van der Waals surface area contributed by atoms with Gasteiger partial charge >= 0.3 is 0 Å². The maximum atomic E-state index is 5.31. The molecule has 0 N–H and O–H groups in total. The third kappa shape index (κ3) is 2.89. The van der Waals surface area contributed by atoms with Gasteiger partial charge in [0.2, 0.25) is 0 Å². The number of rotatable bonds is 4. The largest absolute Gasteiger partial charge is 0.497 e. The van der Waals surface area contributed by atoms with Crippen molar-refractivity contribution in [2.24, 2.45) is 7.05 Å². The summed E-state index contributed by atoms with van der Waals surface area (Å²) in [4.78, 5) is 4.81. The van der Waals surface area contributed by atoms with Crippen LogP contribution in [0.25, 0.3) is 0 Å². The van der Waals surface area contributed by atoms with Crippen LogP contribution >= 0.6 is 0 Å². The zero-order chi connectivity index (χ0) is 15.5. The minimum absolute atomic E-state index is 0.229. The monoisotopic (exact) mass is 302 g/mol. The Labute approximate surface area is 130 Å². The van der Waals surface area contributed by atoms with Crippen LogP contribution < -0.4 is 9.64 Å². The Morgan fingerprint density at radius 1 is 1.18 bits per heavy atom. The summed E-state index contributed by atoms with van der Waals surface area (Å²) in [6.45, 7) is 6.12. The van der Waals surface area contributed by atoms with Crippen LogP contribution in [0.1, 0.15) is 18.8 Å². The van der Waals surface area contributed by atoms with E-state index in [-0.39, 0.29) is 6.04 Å². The number of anilines is 1. The van der Waals surface area contributed by atoms with E-state index in [1.54, 1.807) is 11.8 Å². The molecule has 118 valence electrons. The van der Waals surface area contributed by atoms with Crippen molar-refractivity contribution < 1.29 is 4.74 Å². The van der Waals surface area contributed by atoms with E-state index in [9.17, 15) is 0 Å². The van der Waals surface area contributed by atoms with Crippen LogP contribution in [0.2, 0.25) is 0 Å². The van der Waals surface area contributed by atoms with Gasteiger partial charge in [0.05, 0.1) is 13.2 Å². The van der Waals surface area contributed by atoms with Gasteiger partial charge in [-0.15, -0.1) is 5.10 Å². The van der Waals surface area contributed by atoms with Gasteiger partial charge in [0.25, 0.3) is 0 Å². The second-order valence-corrected chi connectivity index (χ2v) is 5.56. The predicted octanol–water partition coefficient (Wildman–Crippen LogP) is 1.10. The number of ether oxygens (including phenoxy) is 1. The van der Waals surface area contributed by atoms with Crippen molar-refractivity contribution in [2.45, 2.75) is 13.0 Å². The van der Waals surface area contributed by atoms with Crippen molar-refractivity contribution >= 4 is 5.69 Å². The number of benzene rings is 1. The van der Waals surface area contributed by atoms with Gasteiger partial charge in [-0.3, -0.25) is 4.90 Å². The lowest BCUT2D eigenvalue weighted by Crippen LogP contribution is -2.47. The average molecular weight is 302 g/mol. The Morgan fingerprint density at radius 3 is 2.59 bits per heavy atom. The molecule has 1 aromatic carbocycles. The summed E-state index contributed by atoms with van der Waals surface area (Å²) in [5.74, 6) is 1.81. The van der Waals surface area contributed by atoms with E-state index in [2.05, 4.69) is 44.4 Å². The highest BCUT2D eigenvalue weighted by Crippen LogP contribution is 2.24. The standard InChI is InChI=1S/C15H22N6O/c1-12(15-16-17-18-19(15)2)20-7-9-21(10-8-20)13-5-4-6-14(11-13)22-3/h4-6,11-12H,7-10H2,1-3H3. The summed E-state index contributed by atoms with van der Waals surface area (Å²) in [7, 11) is 3.59. The van der Waals surface area contributed by atoms with E-state index in [1.807, 2.05) is 19.2 Å². The van der Waals surface area contributed by atoms with Crippen LogP contribution in [0.15, 0.2) is 24.3 Å². The molecule has 0 saturated carbocycles. The summed E-state index contributed by atoms with van der Waals surface area (Å²) < 4.78 is 7.05. The number of hydrogen-bond donors (Lipinski definition) is 0. The lowest BCUT2D eigenvalue weighted by Gasteiger charge is -2.38. The maximum Gasteiger partial charge on any atom is 0.167 e. The predicted molar refractivity (Wildman–Crippen MR) is 84.0 cm³/mol. The summed E-state index contributed by atoms with van der Waals surface area (Å²) in [6, 6.07) is 8.46. The molecular formula is C15H22N6O. The second kappa shape index (κ2) is 6.31. The summed E-state index contributed by atoms with van der Waals surface area (Å²) in [5.41, 5.74) is 1.21. The van der Waals surface area contributed by atoms with Gasteiger partial charge in [0.15, 0.2) is 5.82 Å². The Hall–Kier alpha value is -2.15. The first kappa shape index (κ1) is 14.8. The number of aromatic nitrogens is 4. The quantitative estimate of drug-likeness (QED) is 0.843. The molecule has 7 nitrogen and oxygen atoms in total. The van der Waals surface area contributed by atoms with Crippen molar-refractivity contribution in [2.75, 3.05) is 38.2 Å². The van der Waals surface area contributed by atoms with Crippen LogP contribution in [-0.2, 0) is 7.05 Å². The van der Waals surface area contributed by atoms with Crippen molar-refractivity contribution in [1.82, 2.24) is 25.1 Å². The molecule has 1 aliphatic rings. The number of hydrogen-bond acceptors (Lipinski definition) is 6. The van der Waals surface area contributed by atoms with Gasteiger partial charge < -0.3 is 9.64 Å². The number of aryl methyl sites for hydroxylation is 1. The molecule has 1 aromatic heterocycles. The normalized spacial score (nSPS) is 17.5. The van der Waals surface area contributed by atoms with Crippen molar-refractivity contribution in [1.29, 1.82) is 0 Å². The van der Waals surface area contributed by atoms with Gasteiger partial charge in [-0.05, 0) is 29.5 Å². The SMILES string of the molecule is COc1cccc(N2CCN(C(C)c3nnnn3C)CC2)c1. The molecule has 22 heavy (non-hydrogen) atoms. The Morgan fingerprint density at radius 2 is 1.95 bits per heavy atom. The maximum absolute atomic E-state index is 5.31. The van der Waals surface area contributed by atoms with Crippen LogP contribution in [0, 0.1) is 0 Å². The molecular weight excluding hydrogens is 280 g/mol. The smallest absolute Gasteiger partial charge is 0.167 e. The lowest BCUT2D eigenvalue weighted by molar-refractivity contribution is 0.188. The van der Waals surface area contributed by atoms with Crippen LogP contribution in [-0.4, -0.2) is 58.4 Å². The van der Waals surface area contributed by atoms with E-state index >= 15 is 0 Å². The Bertz CT molecular complexity index is 620. The minimum atomic E-state index is 0.229. The van der Waals surface area contributed by atoms with Crippen molar-refractivity contribution in [3.8, 4) is 5.75 Å². The fourth-order valence-electron chi connectivity index (χ4n) is 2.93. The third-order valence-electron chi connectivity index (χ3n) is 4.31. The molecule has 1 aliphatic heterocycles.